The number of carbonyl (C=O) groups excluding carboxylic acids is 3. The minimum Gasteiger partial charge on any atom is -0.423 e. The van der Waals surface area contributed by atoms with Gasteiger partial charge < -0.3 is 10.1 Å². The Kier molecular flexibility index (Phi) is 8.18. The Morgan fingerprint density at radius 2 is 1.67 bits per heavy atom. The van der Waals surface area contributed by atoms with Crippen LogP contribution in [0.15, 0.2) is 71.8 Å². The second kappa shape index (κ2) is 11.3. The van der Waals surface area contributed by atoms with Crippen LogP contribution >= 0.6 is 23.2 Å². The van der Waals surface area contributed by atoms with Gasteiger partial charge in [0.05, 0.1) is 23.3 Å². The van der Waals surface area contributed by atoms with Crippen LogP contribution in [0.25, 0.3) is 0 Å². The fourth-order valence-corrected chi connectivity index (χ4v) is 3.11. The highest BCUT2D eigenvalue weighted by molar-refractivity contribution is 6.36. The SMILES string of the molecule is Cc1ccc(C(=O)NCC(=O)NN=Cc2ccc(OC(=O)c3ccc(Cl)cc3Cl)cc2)cc1. The number of amides is 2. The summed E-state index contributed by atoms with van der Waals surface area (Å²) in [4.78, 5) is 36.1. The number of esters is 1. The zero-order valence-corrected chi connectivity index (χ0v) is 19.0. The van der Waals surface area contributed by atoms with Crippen LogP contribution in [0, 0.1) is 6.92 Å². The second-order valence-electron chi connectivity index (χ2n) is 6.92. The predicted octanol–water partition coefficient (Wildman–Crippen LogP) is 4.40. The molecule has 168 valence electrons. The molecule has 0 fully saturated rings. The highest BCUT2D eigenvalue weighted by atomic mass is 35.5. The Morgan fingerprint density at radius 3 is 2.33 bits per heavy atom. The Morgan fingerprint density at radius 1 is 0.970 bits per heavy atom. The number of nitrogens with one attached hydrogen (secondary N) is 2. The maximum Gasteiger partial charge on any atom is 0.345 e. The molecule has 2 amide bonds. The minimum absolute atomic E-state index is 0.196. The number of hydrazone groups is 1. The summed E-state index contributed by atoms with van der Waals surface area (Å²) in [6, 6.07) is 18.0. The number of hydrogen-bond donors (Lipinski definition) is 2. The zero-order valence-electron chi connectivity index (χ0n) is 17.5. The van der Waals surface area contributed by atoms with E-state index in [0.29, 0.717) is 21.9 Å². The number of benzene rings is 3. The number of hydrogen-bond acceptors (Lipinski definition) is 5. The zero-order chi connectivity index (χ0) is 23.8. The van der Waals surface area contributed by atoms with Crippen molar-refractivity contribution in [2.24, 2.45) is 5.10 Å². The van der Waals surface area contributed by atoms with Crippen molar-refractivity contribution >= 4 is 47.2 Å². The molecule has 0 saturated carbocycles. The lowest BCUT2D eigenvalue weighted by atomic mass is 10.1. The molecule has 3 rings (SSSR count). The molecular weight excluding hydrogens is 465 g/mol. The molecule has 0 heterocycles. The molecule has 0 spiro atoms. The lowest BCUT2D eigenvalue weighted by Gasteiger charge is -2.06. The summed E-state index contributed by atoms with van der Waals surface area (Å²) in [6.07, 6.45) is 1.42. The van der Waals surface area contributed by atoms with Crippen LogP contribution in [-0.4, -0.2) is 30.5 Å². The van der Waals surface area contributed by atoms with E-state index in [1.165, 1.54) is 18.3 Å². The van der Waals surface area contributed by atoms with Crippen LogP contribution < -0.4 is 15.5 Å². The van der Waals surface area contributed by atoms with Gasteiger partial charge in [-0.1, -0.05) is 40.9 Å². The molecule has 0 radical (unpaired) electrons. The first-order valence-electron chi connectivity index (χ1n) is 9.76. The molecule has 0 saturated heterocycles. The summed E-state index contributed by atoms with van der Waals surface area (Å²) in [5.41, 5.74) is 4.69. The molecule has 0 aliphatic carbocycles. The highest BCUT2D eigenvalue weighted by Crippen LogP contribution is 2.23. The highest BCUT2D eigenvalue weighted by Gasteiger charge is 2.13. The van der Waals surface area contributed by atoms with E-state index in [4.69, 9.17) is 27.9 Å². The Hall–Kier alpha value is -3.68. The van der Waals surface area contributed by atoms with E-state index in [0.717, 1.165) is 5.56 Å². The van der Waals surface area contributed by atoms with Crippen molar-refractivity contribution in [2.75, 3.05) is 6.54 Å². The van der Waals surface area contributed by atoms with Crippen molar-refractivity contribution in [3.63, 3.8) is 0 Å². The minimum atomic E-state index is -0.613. The molecule has 0 aliphatic rings. The lowest BCUT2D eigenvalue weighted by Crippen LogP contribution is -2.34. The van der Waals surface area contributed by atoms with Crippen LogP contribution in [-0.2, 0) is 4.79 Å². The fourth-order valence-electron chi connectivity index (χ4n) is 2.62. The maximum atomic E-state index is 12.2. The summed E-state index contributed by atoms with van der Waals surface area (Å²) in [7, 11) is 0. The number of nitrogens with zero attached hydrogens (tertiary/aromatic N) is 1. The van der Waals surface area contributed by atoms with Crippen molar-refractivity contribution in [3.8, 4) is 5.75 Å². The molecule has 9 heteroatoms. The van der Waals surface area contributed by atoms with Crippen molar-refractivity contribution in [1.29, 1.82) is 0 Å². The van der Waals surface area contributed by atoms with Gasteiger partial charge in [0.25, 0.3) is 11.8 Å². The normalized spacial score (nSPS) is 10.6. The first-order valence-corrected chi connectivity index (χ1v) is 10.5. The summed E-state index contributed by atoms with van der Waals surface area (Å²) in [5, 5.41) is 6.99. The maximum absolute atomic E-state index is 12.2. The van der Waals surface area contributed by atoms with Crippen LogP contribution in [0.5, 0.6) is 5.75 Å². The first-order chi connectivity index (χ1) is 15.8. The van der Waals surface area contributed by atoms with E-state index in [-0.39, 0.29) is 23.0 Å². The average molecular weight is 484 g/mol. The largest absolute Gasteiger partial charge is 0.423 e. The molecule has 0 aromatic heterocycles. The molecule has 33 heavy (non-hydrogen) atoms. The van der Waals surface area contributed by atoms with Gasteiger partial charge in [0.2, 0.25) is 0 Å². The Labute approximate surface area is 200 Å². The molecule has 0 unspecified atom stereocenters. The van der Waals surface area contributed by atoms with Gasteiger partial charge in [0.15, 0.2) is 0 Å². The molecule has 0 atom stereocenters. The van der Waals surface area contributed by atoms with E-state index < -0.39 is 11.9 Å². The molecule has 0 bridgehead atoms. The molecule has 3 aromatic rings. The molecule has 7 nitrogen and oxygen atoms in total. The van der Waals surface area contributed by atoms with Gasteiger partial charge in [0, 0.05) is 10.6 Å². The van der Waals surface area contributed by atoms with Gasteiger partial charge in [0.1, 0.15) is 5.75 Å². The van der Waals surface area contributed by atoms with Crippen molar-refractivity contribution in [2.45, 2.75) is 6.92 Å². The van der Waals surface area contributed by atoms with E-state index in [9.17, 15) is 14.4 Å². The summed E-state index contributed by atoms with van der Waals surface area (Å²) >= 11 is 11.8. The summed E-state index contributed by atoms with van der Waals surface area (Å²) in [6.45, 7) is 1.71. The number of aryl methyl sites for hydroxylation is 1. The van der Waals surface area contributed by atoms with Gasteiger partial charge >= 0.3 is 5.97 Å². The van der Waals surface area contributed by atoms with E-state index in [2.05, 4.69) is 15.8 Å². The van der Waals surface area contributed by atoms with E-state index in [1.54, 1.807) is 42.5 Å². The number of rotatable bonds is 7. The van der Waals surface area contributed by atoms with Gasteiger partial charge in [-0.05, 0) is 67.1 Å². The van der Waals surface area contributed by atoms with Gasteiger partial charge in [-0.2, -0.15) is 5.10 Å². The van der Waals surface area contributed by atoms with Crippen LogP contribution in [0.3, 0.4) is 0 Å². The lowest BCUT2D eigenvalue weighted by molar-refractivity contribution is -0.120. The van der Waals surface area contributed by atoms with Crippen molar-refractivity contribution in [1.82, 2.24) is 10.7 Å². The molecule has 0 aliphatic heterocycles. The van der Waals surface area contributed by atoms with E-state index in [1.807, 2.05) is 19.1 Å². The smallest absolute Gasteiger partial charge is 0.345 e. The number of halogens is 2. The van der Waals surface area contributed by atoms with Gasteiger partial charge in [-0.25, -0.2) is 10.2 Å². The van der Waals surface area contributed by atoms with E-state index >= 15 is 0 Å². The van der Waals surface area contributed by atoms with Crippen LogP contribution in [0.1, 0.15) is 31.8 Å². The third-order valence-electron chi connectivity index (χ3n) is 4.37. The topological polar surface area (TPSA) is 96.9 Å². The fraction of sp³-hybridized carbons (Fsp3) is 0.0833. The van der Waals surface area contributed by atoms with Crippen LogP contribution in [0.2, 0.25) is 10.0 Å². The third kappa shape index (κ3) is 7.17. The Bertz CT molecular complexity index is 1190. The monoisotopic (exact) mass is 483 g/mol. The van der Waals surface area contributed by atoms with Crippen LogP contribution in [0.4, 0.5) is 0 Å². The quantitative estimate of drug-likeness (QED) is 0.225. The Balaban J connectivity index is 1.46. The molecule has 3 aromatic carbocycles. The predicted molar refractivity (Wildman–Crippen MR) is 127 cm³/mol. The number of carbonyl (C=O) groups is 3. The third-order valence-corrected chi connectivity index (χ3v) is 4.92. The summed E-state index contributed by atoms with van der Waals surface area (Å²) < 4.78 is 5.30. The molecular formula is C24H19Cl2N3O4. The standard InChI is InChI=1S/C24H19Cl2N3O4/c1-15-2-6-17(7-3-15)23(31)27-14-22(30)29-28-13-16-4-9-19(10-5-16)33-24(32)20-11-8-18(25)12-21(20)26/h2-13H,14H2,1H3,(H,27,31)(H,29,30). The number of ether oxygens (including phenoxy) is 1. The summed E-state index contributed by atoms with van der Waals surface area (Å²) in [5.74, 6) is -1.12. The van der Waals surface area contributed by atoms with Gasteiger partial charge in [-0.15, -0.1) is 0 Å². The average Bonchev–Trinajstić information content (AvgIpc) is 2.79. The second-order valence-corrected chi connectivity index (χ2v) is 7.77. The van der Waals surface area contributed by atoms with Crippen molar-refractivity contribution < 1.29 is 19.1 Å². The molecule has 2 N–H and O–H groups in total. The van der Waals surface area contributed by atoms with Gasteiger partial charge in [-0.3, -0.25) is 9.59 Å². The first kappa shape index (κ1) is 24.0. The van der Waals surface area contributed by atoms with Crippen molar-refractivity contribution in [3.05, 3.63) is 99.0 Å².